The number of benzene rings is 3. The summed E-state index contributed by atoms with van der Waals surface area (Å²) in [5, 5.41) is 7.17. The van der Waals surface area contributed by atoms with Crippen molar-refractivity contribution in [3.63, 3.8) is 0 Å². The standard InChI is InChI=1S/C25H26N2O/c1-18(2)19-9-11-20(12-10-19)24-17-25(21-13-15-23(28-3)16-14-21)27(26-24)22-7-5-4-6-8-22/h4-16,18,25H,17H2,1-3H3. The minimum Gasteiger partial charge on any atom is -0.497 e. The molecule has 1 unspecified atom stereocenters. The van der Waals surface area contributed by atoms with Gasteiger partial charge in [0, 0.05) is 6.42 Å². The van der Waals surface area contributed by atoms with E-state index in [1.807, 2.05) is 18.2 Å². The Balaban J connectivity index is 1.68. The van der Waals surface area contributed by atoms with E-state index < -0.39 is 0 Å². The second-order valence-electron chi connectivity index (χ2n) is 7.50. The van der Waals surface area contributed by atoms with Crippen molar-refractivity contribution in [2.45, 2.75) is 32.2 Å². The molecule has 28 heavy (non-hydrogen) atoms. The van der Waals surface area contributed by atoms with Crippen LogP contribution in [0.3, 0.4) is 0 Å². The zero-order valence-corrected chi connectivity index (χ0v) is 16.7. The zero-order chi connectivity index (χ0) is 19.5. The summed E-state index contributed by atoms with van der Waals surface area (Å²) in [6.45, 7) is 4.44. The van der Waals surface area contributed by atoms with Crippen molar-refractivity contribution >= 4 is 11.4 Å². The molecule has 0 aliphatic carbocycles. The van der Waals surface area contributed by atoms with Gasteiger partial charge in [0.2, 0.25) is 0 Å². The molecule has 1 aliphatic heterocycles. The fourth-order valence-corrected chi connectivity index (χ4v) is 3.65. The molecule has 1 aliphatic rings. The lowest BCUT2D eigenvalue weighted by Gasteiger charge is -2.24. The van der Waals surface area contributed by atoms with E-state index in [0.29, 0.717) is 5.92 Å². The lowest BCUT2D eigenvalue weighted by Crippen LogP contribution is -2.18. The van der Waals surface area contributed by atoms with E-state index in [0.717, 1.165) is 23.6 Å². The molecule has 3 aromatic carbocycles. The summed E-state index contributed by atoms with van der Waals surface area (Å²) in [6.07, 6.45) is 0.877. The van der Waals surface area contributed by atoms with Gasteiger partial charge in [-0.25, -0.2) is 0 Å². The van der Waals surface area contributed by atoms with Crippen LogP contribution in [-0.2, 0) is 0 Å². The average molecular weight is 370 g/mol. The fourth-order valence-electron chi connectivity index (χ4n) is 3.65. The molecule has 1 heterocycles. The largest absolute Gasteiger partial charge is 0.497 e. The molecular weight excluding hydrogens is 344 g/mol. The maximum Gasteiger partial charge on any atom is 0.118 e. The van der Waals surface area contributed by atoms with E-state index in [-0.39, 0.29) is 6.04 Å². The minimum absolute atomic E-state index is 0.174. The van der Waals surface area contributed by atoms with E-state index >= 15 is 0 Å². The van der Waals surface area contributed by atoms with Crippen LogP contribution in [-0.4, -0.2) is 12.8 Å². The molecule has 3 heteroatoms. The topological polar surface area (TPSA) is 24.8 Å². The Labute approximate surface area is 167 Å². The number of ether oxygens (including phenoxy) is 1. The van der Waals surface area contributed by atoms with Gasteiger partial charge in [-0.2, -0.15) is 5.10 Å². The van der Waals surface area contributed by atoms with Crippen LogP contribution in [0.2, 0.25) is 0 Å². The number of methoxy groups -OCH3 is 1. The summed E-state index contributed by atoms with van der Waals surface area (Å²) in [5.41, 5.74) is 6.02. The van der Waals surface area contributed by atoms with Crippen molar-refractivity contribution in [3.05, 3.63) is 95.6 Å². The first-order valence-corrected chi connectivity index (χ1v) is 9.82. The number of para-hydroxylation sites is 1. The zero-order valence-electron chi connectivity index (χ0n) is 16.7. The van der Waals surface area contributed by atoms with Gasteiger partial charge in [-0.3, -0.25) is 5.01 Å². The first-order valence-electron chi connectivity index (χ1n) is 9.82. The number of rotatable bonds is 5. The van der Waals surface area contributed by atoms with Gasteiger partial charge >= 0.3 is 0 Å². The van der Waals surface area contributed by atoms with Gasteiger partial charge in [0.25, 0.3) is 0 Å². The SMILES string of the molecule is COc1ccc(C2CC(c3ccc(C(C)C)cc3)=NN2c2ccccc2)cc1. The summed E-state index contributed by atoms with van der Waals surface area (Å²) in [5.74, 6) is 1.41. The van der Waals surface area contributed by atoms with Gasteiger partial charge in [0.05, 0.1) is 24.6 Å². The van der Waals surface area contributed by atoms with Crippen LogP contribution in [0, 0.1) is 0 Å². The van der Waals surface area contributed by atoms with Gasteiger partial charge in [0.15, 0.2) is 0 Å². The van der Waals surface area contributed by atoms with Crippen molar-refractivity contribution in [3.8, 4) is 5.75 Å². The number of anilines is 1. The van der Waals surface area contributed by atoms with Crippen LogP contribution in [0.15, 0.2) is 84.0 Å². The highest BCUT2D eigenvalue weighted by Gasteiger charge is 2.29. The molecule has 0 N–H and O–H groups in total. The smallest absolute Gasteiger partial charge is 0.118 e. The summed E-state index contributed by atoms with van der Waals surface area (Å²) < 4.78 is 5.32. The first-order chi connectivity index (χ1) is 13.7. The Kier molecular flexibility index (Phi) is 5.16. The third-order valence-electron chi connectivity index (χ3n) is 5.34. The Morgan fingerprint density at radius 3 is 2.18 bits per heavy atom. The summed E-state index contributed by atoms with van der Waals surface area (Å²) in [6, 6.07) is 27.7. The van der Waals surface area contributed by atoms with Crippen molar-refractivity contribution in [1.29, 1.82) is 0 Å². The number of hydrazone groups is 1. The van der Waals surface area contributed by atoms with E-state index in [2.05, 4.69) is 79.5 Å². The molecule has 0 saturated carbocycles. The predicted molar refractivity (Wildman–Crippen MR) is 116 cm³/mol. The molecule has 3 nitrogen and oxygen atoms in total. The molecule has 1 atom stereocenters. The lowest BCUT2D eigenvalue weighted by molar-refractivity contribution is 0.414. The van der Waals surface area contributed by atoms with Gasteiger partial charge in [-0.15, -0.1) is 0 Å². The average Bonchev–Trinajstić information content (AvgIpc) is 3.20. The lowest BCUT2D eigenvalue weighted by atomic mass is 9.96. The van der Waals surface area contributed by atoms with Crippen LogP contribution in [0.5, 0.6) is 5.75 Å². The van der Waals surface area contributed by atoms with Crippen molar-refractivity contribution in [2.24, 2.45) is 5.10 Å². The Morgan fingerprint density at radius 2 is 1.57 bits per heavy atom. The second-order valence-corrected chi connectivity index (χ2v) is 7.50. The van der Waals surface area contributed by atoms with Crippen molar-refractivity contribution in [1.82, 2.24) is 0 Å². The Morgan fingerprint density at radius 1 is 0.893 bits per heavy atom. The molecule has 0 spiro atoms. The number of hydrogen-bond acceptors (Lipinski definition) is 3. The summed E-state index contributed by atoms with van der Waals surface area (Å²) in [4.78, 5) is 0. The molecule has 0 aromatic heterocycles. The molecule has 142 valence electrons. The number of nitrogens with zero attached hydrogens (tertiary/aromatic N) is 2. The normalized spacial score (nSPS) is 16.4. The minimum atomic E-state index is 0.174. The first kappa shape index (κ1) is 18.3. The third kappa shape index (κ3) is 3.65. The van der Waals surface area contributed by atoms with Crippen LogP contribution in [0.1, 0.15) is 48.9 Å². The summed E-state index contributed by atoms with van der Waals surface area (Å²) >= 11 is 0. The van der Waals surface area contributed by atoms with Crippen LogP contribution < -0.4 is 9.75 Å². The van der Waals surface area contributed by atoms with Crippen LogP contribution in [0.25, 0.3) is 0 Å². The fraction of sp³-hybridized carbons (Fsp3) is 0.240. The molecule has 0 radical (unpaired) electrons. The van der Waals surface area contributed by atoms with Crippen LogP contribution in [0.4, 0.5) is 5.69 Å². The van der Waals surface area contributed by atoms with Gasteiger partial charge in [-0.05, 0) is 46.9 Å². The van der Waals surface area contributed by atoms with Crippen molar-refractivity contribution in [2.75, 3.05) is 12.1 Å². The number of hydrogen-bond donors (Lipinski definition) is 0. The van der Waals surface area contributed by atoms with Crippen LogP contribution >= 0.6 is 0 Å². The third-order valence-corrected chi connectivity index (χ3v) is 5.34. The molecule has 4 rings (SSSR count). The Hall–Kier alpha value is -3.07. The van der Waals surface area contributed by atoms with Crippen molar-refractivity contribution < 1.29 is 4.74 Å². The van der Waals surface area contributed by atoms with E-state index in [1.54, 1.807) is 7.11 Å². The molecule has 0 amide bonds. The quantitative estimate of drug-likeness (QED) is 0.536. The predicted octanol–water partition coefficient (Wildman–Crippen LogP) is 6.17. The highest BCUT2D eigenvalue weighted by Crippen LogP contribution is 2.37. The highest BCUT2D eigenvalue weighted by atomic mass is 16.5. The Bertz CT molecular complexity index is 944. The van der Waals surface area contributed by atoms with E-state index in [9.17, 15) is 0 Å². The monoisotopic (exact) mass is 370 g/mol. The van der Waals surface area contributed by atoms with Gasteiger partial charge < -0.3 is 4.74 Å². The van der Waals surface area contributed by atoms with E-state index in [1.165, 1.54) is 16.7 Å². The summed E-state index contributed by atoms with van der Waals surface area (Å²) in [7, 11) is 1.70. The molecule has 0 fully saturated rings. The molecule has 0 saturated heterocycles. The molecule has 3 aromatic rings. The van der Waals surface area contributed by atoms with E-state index in [4.69, 9.17) is 9.84 Å². The molecule has 0 bridgehead atoms. The maximum atomic E-state index is 5.32. The van der Waals surface area contributed by atoms with Gasteiger partial charge in [0.1, 0.15) is 5.75 Å². The second kappa shape index (κ2) is 7.89. The maximum absolute atomic E-state index is 5.32. The highest BCUT2D eigenvalue weighted by molar-refractivity contribution is 6.03. The van der Waals surface area contributed by atoms with Gasteiger partial charge in [-0.1, -0.05) is 68.4 Å². The molecular formula is C25H26N2O.